The lowest BCUT2D eigenvalue weighted by Crippen LogP contribution is -2.52. The predicted octanol–water partition coefficient (Wildman–Crippen LogP) is 2.52. The number of rotatable bonds is 15. The third-order valence-corrected chi connectivity index (χ3v) is 5.12. The van der Waals surface area contributed by atoms with Crippen LogP contribution in [0.3, 0.4) is 0 Å². The maximum absolute atomic E-state index is 13.2. The Bertz CT molecular complexity index is 865. The number of ether oxygens (including phenoxy) is 4. The van der Waals surface area contributed by atoms with Crippen LogP contribution in [0.2, 0.25) is 0 Å². The van der Waals surface area contributed by atoms with Crippen LogP contribution in [0.1, 0.15) is 65.9 Å². The first kappa shape index (κ1) is 29.5. The molecule has 1 aliphatic heterocycles. The van der Waals surface area contributed by atoms with Crippen molar-refractivity contribution in [2.75, 3.05) is 33.0 Å². The summed E-state index contributed by atoms with van der Waals surface area (Å²) in [7, 11) is 0. The van der Waals surface area contributed by atoms with E-state index in [9.17, 15) is 9.59 Å². The highest BCUT2D eigenvalue weighted by molar-refractivity contribution is 6.00. The minimum absolute atomic E-state index is 0.00383. The van der Waals surface area contributed by atoms with Crippen LogP contribution in [0.4, 0.5) is 0 Å². The number of hydrazine groups is 1. The van der Waals surface area contributed by atoms with Gasteiger partial charge in [0.2, 0.25) is 5.90 Å². The molecule has 36 heavy (non-hydrogen) atoms. The third-order valence-electron chi connectivity index (χ3n) is 5.12. The normalized spacial score (nSPS) is 17.5. The molecule has 0 unspecified atom stereocenters. The summed E-state index contributed by atoms with van der Waals surface area (Å²) in [6.45, 7) is 10.9. The first-order valence-electron chi connectivity index (χ1n) is 12.5. The Labute approximate surface area is 213 Å². The lowest BCUT2D eigenvalue weighted by molar-refractivity contribution is -0.155. The van der Waals surface area contributed by atoms with Gasteiger partial charge in [-0.15, -0.1) is 0 Å². The largest absolute Gasteiger partial charge is 0.494 e. The number of benzene rings is 1. The molecule has 0 aliphatic carbocycles. The van der Waals surface area contributed by atoms with Crippen molar-refractivity contribution in [2.45, 2.75) is 77.5 Å². The maximum Gasteiger partial charge on any atom is 0.306 e. The number of nitrogens with one attached hydrogen (secondary N) is 2. The summed E-state index contributed by atoms with van der Waals surface area (Å²) in [5.74, 6) is 0.197. The maximum atomic E-state index is 13.2. The molecule has 0 saturated carbocycles. The monoisotopic (exact) mass is 507 g/mol. The van der Waals surface area contributed by atoms with E-state index in [1.54, 1.807) is 45.0 Å². The Hall–Kier alpha value is -2.69. The van der Waals surface area contributed by atoms with Crippen molar-refractivity contribution >= 4 is 17.8 Å². The molecule has 1 heterocycles. The fourth-order valence-electron chi connectivity index (χ4n) is 3.34. The molecule has 0 bridgehead atoms. The standard InChI is InChI=1S/C26H41N3O7/c1-19(2)33-16-6-14-27-29-24(32)26(13-12-22(31)36-25(3,4)5)18-35-23(28-26)20-8-10-21(11-9-20)34-17-7-15-30/h8-11,19,27,30H,6-7,12-18H2,1-5H3,(H,29,32)/t26-/m0/s1. The van der Waals surface area contributed by atoms with E-state index in [1.807, 2.05) is 13.8 Å². The lowest BCUT2D eigenvalue weighted by Gasteiger charge is -2.24. The van der Waals surface area contributed by atoms with Gasteiger partial charge in [0.05, 0.1) is 12.7 Å². The van der Waals surface area contributed by atoms with Gasteiger partial charge < -0.3 is 24.1 Å². The van der Waals surface area contributed by atoms with E-state index in [1.165, 1.54) is 0 Å². The summed E-state index contributed by atoms with van der Waals surface area (Å²) in [6, 6.07) is 7.14. The molecule has 1 aromatic carbocycles. The van der Waals surface area contributed by atoms with Gasteiger partial charge in [-0.05, 0) is 71.7 Å². The predicted molar refractivity (Wildman–Crippen MR) is 136 cm³/mol. The first-order valence-corrected chi connectivity index (χ1v) is 12.5. The second kappa shape index (κ2) is 14.2. The van der Waals surface area contributed by atoms with Gasteiger partial charge in [0.15, 0.2) is 5.54 Å². The van der Waals surface area contributed by atoms with Crippen molar-refractivity contribution in [1.29, 1.82) is 0 Å². The number of esters is 1. The Morgan fingerprint density at radius 2 is 1.89 bits per heavy atom. The molecule has 2 rings (SSSR count). The summed E-state index contributed by atoms with van der Waals surface area (Å²) >= 11 is 0. The van der Waals surface area contributed by atoms with Crippen LogP contribution < -0.4 is 15.6 Å². The second-order valence-electron chi connectivity index (χ2n) is 9.93. The van der Waals surface area contributed by atoms with E-state index in [-0.39, 0.29) is 38.1 Å². The number of nitrogens with zero attached hydrogens (tertiary/aromatic N) is 1. The quantitative estimate of drug-likeness (QED) is 0.188. The minimum atomic E-state index is -1.27. The van der Waals surface area contributed by atoms with Gasteiger partial charge in [-0.25, -0.2) is 10.4 Å². The number of aliphatic hydroxyl groups is 1. The number of hydrogen-bond acceptors (Lipinski definition) is 9. The number of aliphatic hydroxyl groups excluding tert-OH is 1. The SMILES string of the molecule is CC(C)OCCCNNC(=O)[C@]1(CCC(=O)OC(C)(C)C)COC(c2ccc(OCCCO)cc2)=N1. The number of carbonyl (C=O) groups is 2. The number of hydrogen-bond donors (Lipinski definition) is 3. The minimum Gasteiger partial charge on any atom is -0.494 e. The Morgan fingerprint density at radius 3 is 2.53 bits per heavy atom. The zero-order chi connectivity index (χ0) is 26.6. The van der Waals surface area contributed by atoms with E-state index in [4.69, 9.17) is 24.1 Å². The highest BCUT2D eigenvalue weighted by atomic mass is 16.6. The fourth-order valence-corrected chi connectivity index (χ4v) is 3.34. The molecule has 1 atom stereocenters. The van der Waals surface area contributed by atoms with Crippen molar-refractivity contribution in [3.05, 3.63) is 29.8 Å². The summed E-state index contributed by atoms with van der Waals surface area (Å²) in [4.78, 5) is 30.2. The molecule has 1 aromatic rings. The number of aliphatic imine (C=N–C) groups is 1. The van der Waals surface area contributed by atoms with Crippen molar-refractivity contribution < 1.29 is 33.6 Å². The van der Waals surface area contributed by atoms with Crippen LogP contribution in [-0.4, -0.2) is 73.1 Å². The summed E-state index contributed by atoms with van der Waals surface area (Å²) in [5.41, 5.74) is 4.43. The van der Waals surface area contributed by atoms with Gasteiger partial charge in [0.1, 0.15) is 18.0 Å². The lowest BCUT2D eigenvalue weighted by atomic mass is 9.94. The van der Waals surface area contributed by atoms with Gasteiger partial charge in [-0.3, -0.25) is 15.0 Å². The Balaban J connectivity index is 2.08. The molecule has 0 spiro atoms. The van der Waals surface area contributed by atoms with E-state index >= 15 is 0 Å². The molecule has 1 aliphatic rings. The molecule has 0 aromatic heterocycles. The zero-order valence-electron chi connectivity index (χ0n) is 22.1. The van der Waals surface area contributed by atoms with Crippen molar-refractivity contribution in [3.8, 4) is 5.75 Å². The fraction of sp³-hybridized carbons (Fsp3) is 0.654. The van der Waals surface area contributed by atoms with E-state index in [2.05, 4.69) is 15.8 Å². The van der Waals surface area contributed by atoms with Crippen LogP contribution in [0, 0.1) is 0 Å². The van der Waals surface area contributed by atoms with Crippen molar-refractivity contribution in [1.82, 2.24) is 10.9 Å². The van der Waals surface area contributed by atoms with Crippen molar-refractivity contribution in [3.63, 3.8) is 0 Å². The highest BCUT2D eigenvalue weighted by Crippen LogP contribution is 2.28. The summed E-state index contributed by atoms with van der Waals surface area (Å²) < 4.78 is 22.3. The van der Waals surface area contributed by atoms with Gasteiger partial charge in [-0.2, -0.15) is 0 Å². The van der Waals surface area contributed by atoms with Gasteiger partial charge >= 0.3 is 5.97 Å². The summed E-state index contributed by atoms with van der Waals surface area (Å²) in [5, 5.41) is 8.89. The van der Waals surface area contributed by atoms with Crippen LogP contribution in [0.15, 0.2) is 29.3 Å². The molecule has 0 fully saturated rings. The topological polar surface area (TPSA) is 128 Å². The smallest absolute Gasteiger partial charge is 0.306 e. The van der Waals surface area contributed by atoms with E-state index in [0.29, 0.717) is 43.4 Å². The zero-order valence-corrected chi connectivity index (χ0v) is 22.1. The van der Waals surface area contributed by atoms with Crippen LogP contribution >= 0.6 is 0 Å². The van der Waals surface area contributed by atoms with Gasteiger partial charge in [0.25, 0.3) is 5.91 Å². The van der Waals surface area contributed by atoms with E-state index in [0.717, 1.165) is 6.42 Å². The Kier molecular flexibility index (Phi) is 11.6. The molecule has 10 nitrogen and oxygen atoms in total. The Morgan fingerprint density at radius 1 is 1.17 bits per heavy atom. The molecule has 10 heteroatoms. The van der Waals surface area contributed by atoms with Crippen LogP contribution in [-0.2, 0) is 23.8 Å². The second-order valence-corrected chi connectivity index (χ2v) is 9.93. The molecule has 202 valence electrons. The summed E-state index contributed by atoms with van der Waals surface area (Å²) in [6.07, 6.45) is 1.58. The van der Waals surface area contributed by atoms with Gasteiger partial charge in [0, 0.05) is 38.2 Å². The molecular weight excluding hydrogens is 466 g/mol. The highest BCUT2D eigenvalue weighted by Gasteiger charge is 2.44. The molecule has 3 N–H and O–H groups in total. The molecular formula is C26H41N3O7. The third kappa shape index (κ3) is 10.1. The molecule has 0 saturated heterocycles. The van der Waals surface area contributed by atoms with Crippen LogP contribution in [0.25, 0.3) is 0 Å². The van der Waals surface area contributed by atoms with Gasteiger partial charge in [-0.1, -0.05) is 0 Å². The van der Waals surface area contributed by atoms with Crippen molar-refractivity contribution in [2.24, 2.45) is 4.99 Å². The number of amides is 1. The average molecular weight is 508 g/mol. The van der Waals surface area contributed by atoms with E-state index < -0.39 is 17.1 Å². The van der Waals surface area contributed by atoms with Crippen LogP contribution in [0.5, 0.6) is 5.75 Å². The molecule has 1 amide bonds. The number of carbonyl (C=O) groups excluding carboxylic acids is 2. The average Bonchev–Trinajstić information content (AvgIpc) is 3.25. The molecule has 0 radical (unpaired) electrons. The first-order chi connectivity index (χ1) is 17.0.